The number of ether oxygens (including phenoxy) is 1. The quantitative estimate of drug-likeness (QED) is 0.272. The number of benzene rings is 3. The molecule has 5 rings (SSSR count). The Hall–Kier alpha value is -4.58. The van der Waals surface area contributed by atoms with E-state index in [1.54, 1.807) is 31.5 Å². The molecule has 0 saturated carbocycles. The molecule has 1 atom stereocenters. The van der Waals surface area contributed by atoms with Crippen LogP contribution < -0.4 is 10.1 Å². The molecule has 3 aromatic carbocycles. The molecule has 3 N–H and O–H groups in total. The lowest BCUT2D eigenvalue weighted by Crippen LogP contribution is -2.32. The van der Waals surface area contributed by atoms with Gasteiger partial charge < -0.3 is 20.1 Å². The minimum absolute atomic E-state index is 0.119. The molecule has 0 bridgehead atoms. The smallest absolute Gasteiger partial charge is 0.225 e. The number of H-pyrrole nitrogens is 1. The maximum absolute atomic E-state index is 13.3. The zero-order valence-corrected chi connectivity index (χ0v) is 19.9. The third-order valence-electron chi connectivity index (χ3n) is 6.29. The molecular weight excluding hydrogens is 450 g/mol. The summed E-state index contributed by atoms with van der Waals surface area (Å²) in [5, 5.41) is 14.0. The Morgan fingerprint density at radius 3 is 2.61 bits per heavy atom. The average Bonchev–Trinajstić information content (AvgIpc) is 3.30. The molecule has 0 unspecified atom stereocenters. The predicted molar refractivity (Wildman–Crippen MR) is 141 cm³/mol. The normalized spacial score (nSPS) is 11.8. The van der Waals surface area contributed by atoms with Gasteiger partial charge in [0.25, 0.3) is 0 Å². The number of methoxy groups -OCH3 is 1. The van der Waals surface area contributed by atoms with Gasteiger partial charge in [-0.3, -0.25) is 9.78 Å². The van der Waals surface area contributed by atoms with Crippen LogP contribution in [0, 0.1) is 0 Å². The number of hydrogen-bond acceptors (Lipinski definition) is 4. The van der Waals surface area contributed by atoms with Gasteiger partial charge in [0.15, 0.2) is 0 Å². The standard InChI is InChI=1S/C30H27N3O3/c1-36-24-12-9-21(10-13-24)25-8-5-15-31-30(25)28(16-20-6-3-2-4-7-20)33-29(35)17-22-19-32-27-14-11-23(34)18-26(22)27/h2-15,18-19,28,32,34H,16-17H2,1H3,(H,33,35)/t28-/m0/s1. The number of nitrogens with zero attached hydrogens (tertiary/aromatic N) is 1. The van der Waals surface area contributed by atoms with Crippen molar-refractivity contribution in [2.45, 2.75) is 18.9 Å². The summed E-state index contributed by atoms with van der Waals surface area (Å²) in [5.41, 5.74) is 5.57. The number of carbonyl (C=O) groups is 1. The minimum atomic E-state index is -0.336. The molecule has 2 aromatic heterocycles. The molecule has 6 nitrogen and oxygen atoms in total. The number of nitrogens with one attached hydrogen (secondary N) is 2. The Balaban J connectivity index is 1.46. The van der Waals surface area contributed by atoms with E-state index >= 15 is 0 Å². The Bertz CT molecular complexity index is 1480. The molecule has 0 spiro atoms. The van der Waals surface area contributed by atoms with Crippen molar-refractivity contribution in [1.29, 1.82) is 0 Å². The van der Waals surface area contributed by atoms with Gasteiger partial charge in [-0.15, -0.1) is 0 Å². The van der Waals surface area contributed by atoms with Gasteiger partial charge in [0.1, 0.15) is 11.5 Å². The fourth-order valence-electron chi connectivity index (χ4n) is 4.51. The summed E-state index contributed by atoms with van der Waals surface area (Å²) < 4.78 is 5.31. The van der Waals surface area contributed by atoms with E-state index in [4.69, 9.17) is 9.72 Å². The highest BCUT2D eigenvalue weighted by molar-refractivity contribution is 5.90. The molecule has 1 amide bonds. The van der Waals surface area contributed by atoms with Crippen molar-refractivity contribution < 1.29 is 14.6 Å². The first kappa shape index (κ1) is 23.2. The highest BCUT2D eigenvalue weighted by Gasteiger charge is 2.21. The molecule has 5 aromatic rings. The van der Waals surface area contributed by atoms with Crippen LogP contribution >= 0.6 is 0 Å². The lowest BCUT2D eigenvalue weighted by molar-refractivity contribution is -0.121. The van der Waals surface area contributed by atoms with Crippen LogP contribution in [-0.4, -0.2) is 28.1 Å². The Labute approximate surface area is 209 Å². The van der Waals surface area contributed by atoms with Crippen molar-refractivity contribution in [2.24, 2.45) is 0 Å². The largest absolute Gasteiger partial charge is 0.508 e. The number of pyridine rings is 1. The van der Waals surface area contributed by atoms with Gasteiger partial charge in [-0.05, 0) is 59.5 Å². The van der Waals surface area contributed by atoms with Crippen LogP contribution in [0.4, 0.5) is 0 Å². The van der Waals surface area contributed by atoms with E-state index in [-0.39, 0.29) is 24.1 Å². The maximum atomic E-state index is 13.3. The first-order valence-corrected chi connectivity index (χ1v) is 11.8. The van der Waals surface area contributed by atoms with Crippen LogP contribution in [-0.2, 0) is 17.6 Å². The summed E-state index contributed by atoms with van der Waals surface area (Å²) >= 11 is 0. The van der Waals surface area contributed by atoms with Crippen LogP contribution in [0.25, 0.3) is 22.0 Å². The lowest BCUT2D eigenvalue weighted by atomic mass is 9.95. The first-order chi connectivity index (χ1) is 17.6. The minimum Gasteiger partial charge on any atom is -0.508 e. The molecule has 2 heterocycles. The van der Waals surface area contributed by atoms with Crippen molar-refractivity contribution in [3.63, 3.8) is 0 Å². The van der Waals surface area contributed by atoms with Crippen LogP contribution in [0.5, 0.6) is 11.5 Å². The Morgan fingerprint density at radius 1 is 1.03 bits per heavy atom. The van der Waals surface area contributed by atoms with Gasteiger partial charge in [0.2, 0.25) is 5.91 Å². The highest BCUT2D eigenvalue weighted by Crippen LogP contribution is 2.30. The van der Waals surface area contributed by atoms with Gasteiger partial charge in [-0.2, -0.15) is 0 Å². The monoisotopic (exact) mass is 477 g/mol. The molecule has 0 aliphatic rings. The van der Waals surface area contributed by atoms with Crippen molar-refractivity contribution in [1.82, 2.24) is 15.3 Å². The van der Waals surface area contributed by atoms with Crippen LogP contribution in [0.3, 0.4) is 0 Å². The van der Waals surface area contributed by atoms with Gasteiger partial charge in [0.05, 0.1) is 25.3 Å². The second-order valence-corrected chi connectivity index (χ2v) is 8.70. The zero-order valence-electron chi connectivity index (χ0n) is 19.9. The molecule has 0 aliphatic carbocycles. The summed E-state index contributed by atoms with van der Waals surface area (Å²) in [6.45, 7) is 0. The summed E-state index contributed by atoms with van der Waals surface area (Å²) in [7, 11) is 1.64. The van der Waals surface area contributed by atoms with E-state index in [1.807, 2.05) is 60.8 Å². The summed E-state index contributed by atoms with van der Waals surface area (Å²) in [4.78, 5) is 21.2. The SMILES string of the molecule is COc1ccc(-c2cccnc2[C@H](Cc2ccccc2)NC(=O)Cc2c[nH]c3ccc(O)cc23)cc1. The number of rotatable bonds is 8. The van der Waals surface area contributed by atoms with Crippen molar-refractivity contribution in [2.75, 3.05) is 7.11 Å². The number of fused-ring (bicyclic) bond motifs is 1. The summed E-state index contributed by atoms with van der Waals surface area (Å²) in [6, 6.07) is 26.6. The number of carbonyl (C=O) groups excluding carboxylic acids is 1. The topological polar surface area (TPSA) is 87.2 Å². The second kappa shape index (κ2) is 10.4. The van der Waals surface area contributed by atoms with E-state index < -0.39 is 0 Å². The van der Waals surface area contributed by atoms with Gasteiger partial charge >= 0.3 is 0 Å². The van der Waals surface area contributed by atoms with Gasteiger partial charge in [-0.1, -0.05) is 48.5 Å². The Morgan fingerprint density at radius 2 is 1.83 bits per heavy atom. The molecule has 36 heavy (non-hydrogen) atoms. The molecular formula is C30H27N3O3. The maximum Gasteiger partial charge on any atom is 0.225 e. The number of phenols is 1. The molecule has 6 heteroatoms. The van der Waals surface area contributed by atoms with E-state index in [1.165, 1.54) is 0 Å². The highest BCUT2D eigenvalue weighted by atomic mass is 16.5. The molecule has 180 valence electrons. The third kappa shape index (κ3) is 5.08. The number of aromatic nitrogens is 2. The molecule has 0 saturated heterocycles. The molecule has 0 aliphatic heterocycles. The summed E-state index contributed by atoms with van der Waals surface area (Å²) in [6.07, 6.45) is 4.36. The fourth-order valence-corrected chi connectivity index (χ4v) is 4.51. The van der Waals surface area contributed by atoms with Gasteiger partial charge in [-0.25, -0.2) is 0 Å². The van der Waals surface area contributed by atoms with Crippen LogP contribution in [0.1, 0.15) is 22.9 Å². The fraction of sp³-hybridized carbons (Fsp3) is 0.133. The Kier molecular flexibility index (Phi) is 6.67. The first-order valence-electron chi connectivity index (χ1n) is 11.8. The lowest BCUT2D eigenvalue weighted by Gasteiger charge is -2.21. The van der Waals surface area contributed by atoms with Crippen molar-refractivity contribution in [3.8, 4) is 22.6 Å². The van der Waals surface area contributed by atoms with E-state index in [0.29, 0.717) is 6.42 Å². The average molecular weight is 478 g/mol. The number of amides is 1. The zero-order chi connectivity index (χ0) is 24.9. The number of phenolic OH excluding ortho intramolecular Hbond substituents is 1. The van der Waals surface area contributed by atoms with Crippen LogP contribution in [0.15, 0.2) is 97.3 Å². The van der Waals surface area contributed by atoms with E-state index in [2.05, 4.69) is 22.4 Å². The van der Waals surface area contributed by atoms with E-state index in [9.17, 15) is 9.90 Å². The molecule has 0 radical (unpaired) electrons. The third-order valence-corrected chi connectivity index (χ3v) is 6.29. The van der Waals surface area contributed by atoms with E-state index in [0.717, 1.165) is 44.6 Å². The van der Waals surface area contributed by atoms with Crippen molar-refractivity contribution >= 4 is 16.8 Å². The number of aromatic amines is 1. The number of hydrogen-bond donors (Lipinski definition) is 3. The van der Waals surface area contributed by atoms with Crippen LogP contribution in [0.2, 0.25) is 0 Å². The molecule has 0 fully saturated rings. The predicted octanol–water partition coefficient (Wildman–Crippen LogP) is 5.59. The van der Waals surface area contributed by atoms with Crippen molar-refractivity contribution in [3.05, 3.63) is 114 Å². The summed E-state index contributed by atoms with van der Waals surface area (Å²) in [5.74, 6) is 0.831. The van der Waals surface area contributed by atoms with Gasteiger partial charge in [0, 0.05) is 28.9 Å². The number of aromatic hydroxyl groups is 1. The second-order valence-electron chi connectivity index (χ2n) is 8.70.